The van der Waals surface area contributed by atoms with Gasteiger partial charge < -0.3 is 15.4 Å². The number of anilines is 3. The van der Waals surface area contributed by atoms with Crippen molar-refractivity contribution in [3.8, 4) is 5.75 Å². The molecule has 3 N–H and O–H groups in total. The summed E-state index contributed by atoms with van der Waals surface area (Å²) >= 11 is 0. The molecule has 176 valence electrons. The van der Waals surface area contributed by atoms with Crippen LogP contribution < -0.4 is 20.1 Å². The molecule has 0 atom stereocenters. The molecule has 2 aromatic carbocycles. The molecule has 9 heteroatoms. The van der Waals surface area contributed by atoms with E-state index in [0.717, 1.165) is 24.2 Å². The van der Waals surface area contributed by atoms with E-state index in [4.69, 9.17) is 4.74 Å². The Morgan fingerprint density at radius 2 is 1.67 bits per heavy atom. The van der Waals surface area contributed by atoms with Gasteiger partial charge in [-0.05, 0) is 56.7 Å². The van der Waals surface area contributed by atoms with Gasteiger partial charge in [0.15, 0.2) is 0 Å². The highest BCUT2D eigenvalue weighted by atomic mass is 32.2. The van der Waals surface area contributed by atoms with Crippen molar-refractivity contribution in [3.63, 3.8) is 0 Å². The first-order valence-corrected chi connectivity index (χ1v) is 12.5. The van der Waals surface area contributed by atoms with E-state index in [2.05, 4.69) is 32.2 Å². The Labute approximate surface area is 195 Å². The zero-order valence-corrected chi connectivity index (χ0v) is 20.1. The van der Waals surface area contributed by atoms with Crippen LogP contribution in [0.4, 0.5) is 17.5 Å². The highest BCUT2D eigenvalue weighted by molar-refractivity contribution is 7.89. The molecule has 0 fully saturated rings. The second-order valence-electron chi connectivity index (χ2n) is 7.71. The van der Waals surface area contributed by atoms with Crippen molar-refractivity contribution in [1.29, 1.82) is 0 Å². The standard InChI is InChI=1S/C24H31N5O3S/c1-4-5-16-32-21-10-12-22(13-11-21)33(30,31)26-15-14-25-24-27-19(3)17-23(29-24)28-20-8-6-18(2)7-9-20/h6-13,17,26H,4-5,14-16H2,1-3H3,(H2,25,27,28,29). The summed E-state index contributed by atoms with van der Waals surface area (Å²) in [5.41, 5.74) is 2.91. The van der Waals surface area contributed by atoms with Crippen LogP contribution >= 0.6 is 0 Å². The van der Waals surface area contributed by atoms with Gasteiger partial charge in [-0.15, -0.1) is 0 Å². The normalized spacial score (nSPS) is 11.2. The molecule has 3 aromatic rings. The SMILES string of the molecule is CCCCOc1ccc(S(=O)(=O)NCCNc2nc(C)cc(Nc3ccc(C)cc3)n2)cc1. The molecular weight excluding hydrogens is 438 g/mol. The second kappa shape index (κ2) is 11.6. The number of sulfonamides is 1. The van der Waals surface area contributed by atoms with E-state index in [1.54, 1.807) is 24.3 Å². The molecule has 0 aliphatic rings. The van der Waals surface area contributed by atoms with E-state index in [1.807, 2.05) is 44.2 Å². The van der Waals surface area contributed by atoms with Gasteiger partial charge in [0, 0.05) is 30.5 Å². The molecule has 0 aliphatic carbocycles. The Bertz CT molecular complexity index is 1130. The van der Waals surface area contributed by atoms with Gasteiger partial charge in [-0.3, -0.25) is 0 Å². The van der Waals surface area contributed by atoms with E-state index >= 15 is 0 Å². The average molecular weight is 470 g/mol. The summed E-state index contributed by atoms with van der Waals surface area (Å²) in [6, 6.07) is 16.3. The largest absolute Gasteiger partial charge is 0.494 e. The van der Waals surface area contributed by atoms with Crippen molar-refractivity contribution in [2.24, 2.45) is 0 Å². The number of hydrogen-bond donors (Lipinski definition) is 3. The molecule has 0 spiro atoms. The topological polar surface area (TPSA) is 105 Å². The molecule has 0 saturated carbocycles. The Kier molecular flexibility index (Phi) is 8.62. The lowest BCUT2D eigenvalue weighted by atomic mass is 10.2. The van der Waals surface area contributed by atoms with Gasteiger partial charge in [0.05, 0.1) is 11.5 Å². The number of ether oxygens (including phenoxy) is 1. The highest BCUT2D eigenvalue weighted by Gasteiger charge is 2.13. The lowest BCUT2D eigenvalue weighted by Crippen LogP contribution is -2.29. The van der Waals surface area contributed by atoms with Crippen molar-refractivity contribution in [2.45, 2.75) is 38.5 Å². The minimum Gasteiger partial charge on any atom is -0.494 e. The molecular formula is C24H31N5O3S. The van der Waals surface area contributed by atoms with Crippen LogP contribution in [0, 0.1) is 13.8 Å². The van der Waals surface area contributed by atoms with Crippen molar-refractivity contribution >= 4 is 27.5 Å². The number of nitrogens with one attached hydrogen (secondary N) is 3. The average Bonchev–Trinajstić information content (AvgIpc) is 2.79. The molecule has 0 radical (unpaired) electrons. The zero-order valence-electron chi connectivity index (χ0n) is 19.3. The highest BCUT2D eigenvalue weighted by Crippen LogP contribution is 2.18. The van der Waals surface area contributed by atoms with Crippen LogP contribution in [0.1, 0.15) is 31.0 Å². The lowest BCUT2D eigenvalue weighted by Gasteiger charge is -2.11. The van der Waals surface area contributed by atoms with E-state index < -0.39 is 10.0 Å². The molecule has 3 rings (SSSR count). The fraction of sp³-hybridized carbons (Fsp3) is 0.333. The van der Waals surface area contributed by atoms with Gasteiger partial charge in [-0.2, -0.15) is 4.98 Å². The first kappa shape index (κ1) is 24.5. The minimum atomic E-state index is -3.62. The van der Waals surface area contributed by atoms with Crippen LogP contribution in [0.3, 0.4) is 0 Å². The maximum absolute atomic E-state index is 12.5. The number of hydrogen-bond acceptors (Lipinski definition) is 7. The Morgan fingerprint density at radius 3 is 2.36 bits per heavy atom. The van der Waals surface area contributed by atoms with Crippen molar-refractivity contribution < 1.29 is 13.2 Å². The van der Waals surface area contributed by atoms with Gasteiger partial charge in [0.25, 0.3) is 0 Å². The lowest BCUT2D eigenvalue weighted by molar-refractivity contribution is 0.309. The fourth-order valence-corrected chi connectivity index (χ4v) is 4.02. The van der Waals surface area contributed by atoms with Crippen LogP contribution in [-0.2, 0) is 10.0 Å². The van der Waals surface area contributed by atoms with Crippen LogP contribution in [0.5, 0.6) is 5.75 Å². The number of rotatable bonds is 12. The number of nitrogens with zero attached hydrogens (tertiary/aromatic N) is 2. The monoisotopic (exact) mass is 469 g/mol. The summed E-state index contributed by atoms with van der Waals surface area (Å²) in [4.78, 5) is 9.02. The summed E-state index contributed by atoms with van der Waals surface area (Å²) < 4.78 is 33.2. The summed E-state index contributed by atoms with van der Waals surface area (Å²) in [5.74, 6) is 1.75. The third-order valence-corrected chi connectivity index (χ3v) is 6.26. The summed E-state index contributed by atoms with van der Waals surface area (Å²) in [6.45, 7) is 7.15. The zero-order chi connectivity index (χ0) is 23.7. The van der Waals surface area contributed by atoms with E-state index in [9.17, 15) is 8.42 Å². The van der Waals surface area contributed by atoms with Crippen LogP contribution in [0.2, 0.25) is 0 Å². The van der Waals surface area contributed by atoms with E-state index in [-0.39, 0.29) is 11.4 Å². The number of aryl methyl sites for hydroxylation is 2. The van der Waals surface area contributed by atoms with Crippen LogP contribution in [0.15, 0.2) is 59.5 Å². The van der Waals surface area contributed by atoms with Gasteiger partial charge in [-0.1, -0.05) is 31.0 Å². The van der Waals surface area contributed by atoms with E-state index in [0.29, 0.717) is 30.7 Å². The van der Waals surface area contributed by atoms with Crippen molar-refractivity contribution in [3.05, 3.63) is 65.9 Å². The predicted octanol–water partition coefficient (Wildman–Crippen LogP) is 4.41. The molecule has 0 saturated heterocycles. The second-order valence-corrected chi connectivity index (χ2v) is 9.47. The fourth-order valence-electron chi connectivity index (χ4n) is 2.99. The Hall–Kier alpha value is -3.17. The van der Waals surface area contributed by atoms with Crippen molar-refractivity contribution in [2.75, 3.05) is 30.3 Å². The number of benzene rings is 2. The molecule has 0 aliphatic heterocycles. The van der Waals surface area contributed by atoms with Gasteiger partial charge >= 0.3 is 0 Å². The smallest absolute Gasteiger partial charge is 0.240 e. The molecule has 1 aromatic heterocycles. The Morgan fingerprint density at radius 1 is 0.939 bits per heavy atom. The Balaban J connectivity index is 1.51. The van der Waals surface area contributed by atoms with Crippen LogP contribution in [0.25, 0.3) is 0 Å². The molecule has 0 bridgehead atoms. The quantitative estimate of drug-likeness (QED) is 0.338. The molecule has 8 nitrogen and oxygen atoms in total. The summed E-state index contributed by atoms with van der Waals surface area (Å²) in [5, 5.41) is 6.33. The summed E-state index contributed by atoms with van der Waals surface area (Å²) in [6.07, 6.45) is 2.01. The van der Waals surface area contributed by atoms with Crippen molar-refractivity contribution in [1.82, 2.24) is 14.7 Å². The molecule has 1 heterocycles. The molecule has 33 heavy (non-hydrogen) atoms. The third-order valence-electron chi connectivity index (χ3n) is 4.78. The summed E-state index contributed by atoms with van der Waals surface area (Å²) in [7, 11) is -3.62. The number of aromatic nitrogens is 2. The first-order valence-electron chi connectivity index (χ1n) is 11.0. The maximum atomic E-state index is 12.5. The van der Waals surface area contributed by atoms with Gasteiger partial charge in [0.2, 0.25) is 16.0 Å². The third kappa shape index (κ3) is 7.73. The minimum absolute atomic E-state index is 0.190. The van der Waals surface area contributed by atoms with E-state index in [1.165, 1.54) is 5.56 Å². The first-order chi connectivity index (χ1) is 15.9. The maximum Gasteiger partial charge on any atom is 0.240 e. The van der Waals surface area contributed by atoms with Gasteiger partial charge in [-0.25, -0.2) is 18.1 Å². The van der Waals surface area contributed by atoms with Gasteiger partial charge in [0.1, 0.15) is 11.6 Å². The molecule has 0 unspecified atom stereocenters. The van der Waals surface area contributed by atoms with Crippen LogP contribution in [-0.4, -0.2) is 38.1 Å². The predicted molar refractivity (Wildman–Crippen MR) is 132 cm³/mol. The molecule has 0 amide bonds. The number of unbranched alkanes of at least 4 members (excludes halogenated alkanes) is 1.